The third-order valence-electron chi connectivity index (χ3n) is 5.78. The Morgan fingerprint density at radius 1 is 1.48 bits per heavy atom. The first-order chi connectivity index (χ1) is 14.9. The van der Waals surface area contributed by atoms with E-state index in [0.29, 0.717) is 46.4 Å². The van der Waals surface area contributed by atoms with Crippen molar-refractivity contribution >= 4 is 22.9 Å². The van der Waals surface area contributed by atoms with E-state index in [2.05, 4.69) is 22.3 Å². The first kappa shape index (κ1) is 21.0. The van der Waals surface area contributed by atoms with Crippen molar-refractivity contribution in [3.63, 3.8) is 0 Å². The molecule has 9 heteroatoms. The number of benzene rings is 1. The van der Waals surface area contributed by atoms with E-state index in [1.807, 2.05) is 6.92 Å². The van der Waals surface area contributed by atoms with E-state index in [4.69, 9.17) is 15.2 Å². The number of aryl methyl sites for hydroxylation is 1. The summed E-state index contributed by atoms with van der Waals surface area (Å²) in [5.41, 5.74) is 7.63. The molecule has 0 bridgehead atoms. The number of nitrogens with one attached hydrogen (secondary N) is 1. The number of hydrogen-bond donors (Lipinski definition) is 2. The zero-order valence-corrected chi connectivity index (χ0v) is 17.8. The van der Waals surface area contributed by atoms with E-state index in [1.54, 1.807) is 19.2 Å². The summed E-state index contributed by atoms with van der Waals surface area (Å²) in [6.07, 6.45) is 4.38. The van der Waals surface area contributed by atoms with Gasteiger partial charge >= 0.3 is 0 Å². The summed E-state index contributed by atoms with van der Waals surface area (Å²) in [6, 6.07) is 4.30. The number of ether oxygens (including phenoxy) is 2. The zero-order chi connectivity index (χ0) is 22.1. The molecule has 0 radical (unpaired) electrons. The monoisotopic (exact) mass is 427 g/mol. The molecule has 31 heavy (non-hydrogen) atoms. The minimum absolute atomic E-state index is 0.0436. The van der Waals surface area contributed by atoms with Gasteiger partial charge < -0.3 is 20.5 Å². The molecule has 3 heterocycles. The number of carbonyl (C=O) groups excluding carboxylic acids is 1. The summed E-state index contributed by atoms with van der Waals surface area (Å²) in [5.74, 6) is 0.238. The summed E-state index contributed by atoms with van der Waals surface area (Å²) < 4.78 is 27.7. The van der Waals surface area contributed by atoms with Gasteiger partial charge in [0.15, 0.2) is 5.82 Å². The number of aromatic nitrogens is 3. The van der Waals surface area contributed by atoms with Gasteiger partial charge in [0.05, 0.1) is 17.4 Å². The number of halogens is 1. The largest absolute Gasteiger partial charge is 0.485 e. The summed E-state index contributed by atoms with van der Waals surface area (Å²) >= 11 is 0. The van der Waals surface area contributed by atoms with Crippen LogP contribution in [0.2, 0.25) is 0 Å². The molecule has 1 aliphatic heterocycles. The van der Waals surface area contributed by atoms with Gasteiger partial charge in [0, 0.05) is 18.9 Å². The van der Waals surface area contributed by atoms with Crippen LogP contribution < -0.4 is 15.8 Å². The molecule has 0 aliphatic carbocycles. The quantitative estimate of drug-likeness (QED) is 0.597. The number of amides is 1. The third-order valence-corrected chi connectivity index (χ3v) is 5.78. The van der Waals surface area contributed by atoms with Crippen LogP contribution in [0.1, 0.15) is 42.6 Å². The highest BCUT2D eigenvalue weighted by molar-refractivity contribution is 5.98. The summed E-state index contributed by atoms with van der Waals surface area (Å²) in [7, 11) is 0. The van der Waals surface area contributed by atoms with Gasteiger partial charge in [-0.1, -0.05) is 13.8 Å². The Kier molecular flexibility index (Phi) is 5.77. The fourth-order valence-corrected chi connectivity index (χ4v) is 4.06. The van der Waals surface area contributed by atoms with Gasteiger partial charge in [-0.25, -0.2) is 13.9 Å². The lowest BCUT2D eigenvalue weighted by molar-refractivity contribution is -0.00432. The molecule has 1 saturated heterocycles. The fourth-order valence-electron chi connectivity index (χ4n) is 4.06. The van der Waals surface area contributed by atoms with Gasteiger partial charge in [-0.15, -0.1) is 0 Å². The van der Waals surface area contributed by atoms with Crippen LogP contribution in [0, 0.1) is 18.7 Å². The van der Waals surface area contributed by atoms with Crippen molar-refractivity contribution in [3.8, 4) is 5.75 Å². The number of anilines is 2. The number of hydrogen-bond acceptors (Lipinski definition) is 6. The maximum Gasteiger partial charge on any atom is 0.250 e. The molecule has 164 valence electrons. The maximum absolute atomic E-state index is 14.1. The van der Waals surface area contributed by atoms with Gasteiger partial charge in [0.25, 0.3) is 5.91 Å². The lowest BCUT2D eigenvalue weighted by Gasteiger charge is -2.27. The Labute approximate surface area is 179 Å². The predicted molar refractivity (Wildman–Crippen MR) is 114 cm³/mol. The molecule has 3 aromatic rings. The van der Waals surface area contributed by atoms with Crippen LogP contribution in [-0.2, 0) is 4.74 Å². The van der Waals surface area contributed by atoms with Crippen LogP contribution in [0.25, 0.3) is 5.52 Å². The van der Waals surface area contributed by atoms with Crippen LogP contribution >= 0.6 is 0 Å². The smallest absolute Gasteiger partial charge is 0.250 e. The second-order valence-electron chi connectivity index (χ2n) is 7.87. The molecule has 4 rings (SSSR count). The Balaban J connectivity index is 1.69. The number of primary amides is 1. The highest BCUT2D eigenvalue weighted by Crippen LogP contribution is 2.34. The van der Waals surface area contributed by atoms with Gasteiger partial charge in [0.1, 0.15) is 29.5 Å². The normalized spacial score (nSPS) is 19.5. The molecule has 0 spiro atoms. The van der Waals surface area contributed by atoms with Gasteiger partial charge in [-0.3, -0.25) is 4.79 Å². The fraction of sp³-hybridized carbons (Fsp3) is 0.409. The predicted octanol–water partition coefficient (Wildman–Crippen LogP) is 3.60. The van der Waals surface area contributed by atoms with E-state index in [1.165, 1.54) is 23.0 Å². The lowest BCUT2D eigenvalue weighted by atomic mass is 9.98. The molecule has 3 atom stereocenters. The Morgan fingerprint density at radius 2 is 2.29 bits per heavy atom. The standard InChI is InChI=1S/C22H26FN5O3/c1-4-17(20-12(2)7-8-30-20)31-18-9-14(23)5-6-16(18)27-22-19-13(3)15(21(24)29)10-28(19)26-11-25-22/h5-6,9-12,17,20H,4,7-8H2,1-3H3,(H2,24,29)(H,25,26,27). The van der Waals surface area contributed by atoms with Crippen molar-refractivity contribution in [1.82, 2.24) is 14.6 Å². The van der Waals surface area contributed by atoms with Gasteiger partial charge in [-0.2, -0.15) is 5.10 Å². The minimum atomic E-state index is -0.545. The number of nitrogens with zero attached hydrogens (tertiary/aromatic N) is 3. The molecule has 3 N–H and O–H groups in total. The maximum atomic E-state index is 14.1. The molecule has 8 nitrogen and oxygen atoms in total. The van der Waals surface area contributed by atoms with E-state index in [9.17, 15) is 9.18 Å². The molecule has 3 unspecified atom stereocenters. The number of carbonyl (C=O) groups is 1. The van der Waals surface area contributed by atoms with E-state index < -0.39 is 11.7 Å². The molecule has 2 aromatic heterocycles. The molecule has 0 saturated carbocycles. The number of rotatable bonds is 7. The molecular formula is C22H26FN5O3. The van der Waals surface area contributed by atoms with E-state index >= 15 is 0 Å². The Bertz CT molecular complexity index is 1120. The van der Waals surface area contributed by atoms with Crippen molar-refractivity contribution in [2.45, 2.75) is 45.8 Å². The molecule has 1 amide bonds. The van der Waals surface area contributed by atoms with Crippen LogP contribution in [0.5, 0.6) is 5.75 Å². The second kappa shape index (κ2) is 8.50. The molecule has 1 aromatic carbocycles. The van der Waals surface area contributed by atoms with Crippen molar-refractivity contribution in [1.29, 1.82) is 0 Å². The highest BCUT2D eigenvalue weighted by atomic mass is 19.1. The topological polar surface area (TPSA) is 104 Å². The zero-order valence-electron chi connectivity index (χ0n) is 17.8. The van der Waals surface area contributed by atoms with Gasteiger partial charge in [0.2, 0.25) is 0 Å². The Morgan fingerprint density at radius 3 is 2.97 bits per heavy atom. The summed E-state index contributed by atoms with van der Waals surface area (Å²) in [4.78, 5) is 16.0. The van der Waals surface area contributed by atoms with Crippen molar-refractivity contribution in [2.24, 2.45) is 11.7 Å². The molecule has 1 aliphatic rings. The van der Waals surface area contributed by atoms with Crippen LogP contribution in [0.15, 0.2) is 30.7 Å². The van der Waals surface area contributed by atoms with E-state index in [-0.39, 0.29) is 12.2 Å². The minimum Gasteiger partial charge on any atom is -0.485 e. The van der Waals surface area contributed by atoms with Crippen molar-refractivity contribution < 1.29 is 18.7 Å². The molecule has 1 fully saturated rings. The SMILES string of the molecule is CCC(Oc1cc(F)ccc1Nc1ncnn2cc(C(N)=O)c(C)c12)C1OCCC1C. The van der Waals surface area contributed by atoms with Gasteiger partial charge in [-0.05, 0) is 43.4 Å². The summed E-state index contributed by atoms with van der Waals surface area (Å²) in [6.45, 7) is 6.64. The number of nitrogens with two attached hydrogens (primary N) is 1. The average Bonchev–Trinajstić information content (AvgIpc) is 3.32. The Hall–Kier alpha value is -3.20. The van der Waals surface area contributed by atoms with Crippen molar-refractivity contribution in [2.75, 3.05) is 11.9 Å². The van der Waals surface area contributed by atoms with Crippen LogP contribution in [0.4, 0.5) is 15.9 Å². The number of fused-ring (bicyclic) bond motifs is 1. The van der Waals surface area contributed by atoms with Crippen LogP contribution in [-0.4, -0.2) is 39.3 Å². The van der Waals surface area contributed by atoms with Crippen LogP contribution in [0.3, 0.4) is 0 Å². The summed E-state index contributed by atoms with van der Waals surface area (Å²) in [5, 5.41) is 7.37. The third kappa shape index (κ3) is 4.05. The average molecular weight is 427 g/mol. The first-order valence-electron chi connectivity index (χ1n) is 10.4. The molecular weight excluding hydrogens is 401 g/mol. The lowest BCUT2D eigenvalue weighted by Crippen LogP contribution is -2.34. The highest BCUT2D eigenvalue weighted by Gasteiger charge is 2.33. The van der Waals surface area contributed by atoms with E-state index in [0.717, 1.165) is 12.8 Å². The second-order valence-corrected chi connectivity index (χ2v) is 7.87. The first-order valence-corrected chi connectivity index (χ1v) is 10.4. The van der Waals surface area contributed by atoms with Crippen molar-refractivity contribution in [3.05, 3.63) is 47.7 Å².